The number of amides is 1. The maximum absolute atomic E-state index is 13.2. The van der Waals surface area contributed by atoms with Gasteiger partial charge in [0.15, 0.2) is 11.6 Å². The van der Waals surface area contributed by atoms with Crippen LogP contribution in [0.5, 0.6) is 5.75 Å². The first-order valence-electron chi connectivity index (χ1n) is 11.4. The average molecular weight is 518 g/mol. The molecule has 0 fully saturated rings. The van der Waals surface area contributed by atoms with Crippen LogP contribution in [0.25, 0.3) is 16.7 Å². The standard InChI is InChI=1S/C27H18N8O4/c1-39-26(38)16-7-9-19(10-8-16)32-25(37)21-13-17-5-2-3-6-20(17)22(23(21)36)33-34-24-18(14-28)15-31-35(24)27-29-11-4-12-30-27/h2-13,15,36H,1H3,(H,32,37). The van der Waals surface area contributed by atoms with Crippen LogP contribution in [0.15, 0.2) is 89.5 Å². The molecule has 39 heavy (non-hydrogen) atoms. The van der Waals surface area contributed by atoms with Crippen molar-refractivity contribution in [2.45, 2.75) is 0 Å². The normalized spacial score (nSPS) is 10.9. The van der Waals surface area contributed by atoms with Crippen molar-refractivity contribution in [2.75, 3.05) is 12.4 Å². The van der Waals surface area contributed by atoms with Gasteiger partial charge in [0.25, 0.3) is 11.9 Å². The summed E-state index contributed by atoms with van der Waals surface area (Å²) >= 11 is 0. The van der Waals surface area contributed by atoms with E-state index in [4.69, 9.17) is 0 Å². The summed E-state index contributed by atoms with van der Waals surface area (Å²) in [6.45, 7) is 0. The lowest BCUT2D eigenvalue weighted by Gasteiger charge is -2.11. The SMILES string of the molecule is COC(=O)c1ccc(NC(=O)c2cc3ccccc3c(N=Nc3c(C#N)cnn3-c3ncccn3)c2O)cc1. The van der Waals surface area contributed by atoms with Crippen LogP contribution in [0.4, 0.5) is 17.2 Å². The highest BCUT2D eigenvalue weighted by atomic mass is 16.5. The number of phenolic OH excluding ortho intramolecular Hbond substituents is 1. The maximum atomic E-state index is 13.2. The quantitative estimate of drug-likeness (QED) is 0.238. The molecule has 5 aromatic rings. The van der Waals surface area contributed by atoms with Crippen LogP contribution in [0, 0.1) is 11.3 Å². The first-order chi connectivity index (χ1) is 19.0. The van der Waals surface area contributed by atoms with Crippen molar-refractivity contribution in [1.82, 2.24) is 19.7 Å². The van der Waals surface area contributed by atoms with Gasteiger partial charge in [-0.2, -0.15) is 15.0 Å². The number of rotatable bonds is 6. The summed E-state index contributed by atoms with van der Waals surface area (Å²) in [7, 11) is 1.28. The third-order valence-electron chi connectivity index (χ3n) is 5.65. The van der Waals surface area contributed by atoms with Crippen LogP contribution >= 0.6 is 0 Å². The largest absolute Gasteiger partial charge is 0.505 e. The van der Waals surface area contributed by atoms with Gasteiger partial charge in [-0.25, -0.2) is 14.8 Å². The Bertz CT molecular complexity index is 1770. The Morgan fingerprint density at radius 1 is 1.05 bits per heavy atom. The van der Waals surface area contributed by atoms with E-state index in [0.717, 1.165) is 0 Å². The van der Waals surface area contributed by atoms with Crippen molar-refractivity contribution in [1.29, 1.82) is 5.26 Å². The van der Waals surface area contributed by atoms with Gasteiger partial charge in [-0.1, -0.05) is 24.3 Å². The van der Waals surface area contributed by atoms with Crippen LogP contribution in [0.2, 0.25) is 0 Å². The summed E-state index contributed by atoms with van der Waals surface area (Å²) in [6.07, 6.45) is 4.33. The second-order valence-electron chi connectivity index (χ2n) is 8.02. The number of aromatic hydroxyl groups is 1. The highest BCUT2D eigenvalue weighted by Gasteiger charge is 2.20. The fourth-order valence-corrected chi connectivity index (χ4v) is 3.76. The van der Waals surface area contributed by atoms with E-state index in [9.17, 15) is 20.0 Å². The number of carbonyl (C=O) groups excluding carboxylic acids is 2. The lowest BCUT2D eigenvalue weighted by molar-refractivity contribution is 0.0600. The van der Waals surface area contributed by atoms with Crippen LogP contribution in [0.1, 0.15) is 26.3 Å². The molecule has 12 heteroatoms. The summed E-state index contributed by atoms with van der Waals surface area (Å²) in [5, 5.41) is 37.1. The molecule has 2 aromatic heterocycles. The van der Waals surface area contributed by atoms with Gasteiger partial charge < -0.3 is 15.2 Å². The molecule has 0 spiro atoms. The molecule has 0 radical (unpaired) electrons. The van der Waals surface area contributed by atoms with E-state index < -0.39 is 17.6 Å². The number of benzene rings is 3. The molecule has 190 valence electrons. The van der Waals surface area contributed by atoms with E-state index in [-0.39, 0.29) is 28.6 Å². The lowest BCUT2D eigenvalue weighted by Crippen LogP contribution is -2.12. The Morgan fingerprint density at radius 3 is 2.51 bits per heavy atom. The number of nitriles is 1. The van der Waals surface area contributed by atoms with Gasteiger partial charge >= 0.3 is 5.97 Å². The van der Waals surface area contributed by atoms with E-state index in [2.05, 4.69) is 35.3 Å². The second kappa shape index (κ2) is 10.6. The molecule has 0 saturated carbocycles. The Kier molecular flexibility index (Phi) is 6.70. The summed E-state index contributed by atoms with van der Waals surface area (Å²) in [4.78, 5) is 33.1. The van der Waals surface area contributed by atoms with Gasteiger partial charge in [0, 0.05) is 23.5 Å². The number of methoxy groups -OCH3 is 1. The summed E-state index contributed by atoms with van der Waals surface area (Å²) in [5.74, 6) is -1.31. The highest BCUT2D eigenvalue weighted by Crippen LogP contribution is 2.40. The second-order valence-corrected chi connectivity index (χ2v) is 8.02. The Balaban J connectivity index is 1.54. The number of aromatic nitrogens is 4. The third-order valence-corrected chi connectivity index (χ3v) is 5.65. The monoisotopic (exact) mass is 518 g/mol. The van der Waals surface area contributed by atoms with Crippen LogP contribution < -0.4 is 5.32 Å². The van der Waals surface area contributed by atoms with Gasteiger partial charge in [-0.3, -0.25) is 4.79 Å². The Labute approximate surface area is 220 Å². The first-order valence-corrected chi connectivity index (χ1v) is 11.4. The smallest absolute Gasteiger partial charge is 0.337 e. The number of hydrogen-bond acceptors (Lipinski definition) is 10. The van der Waals surface area contributed by atoms with E-state index in [1.807, 2.05) is 6.07 Å². The summed E-state index contributed by atoms with van der Waals surface area (Å²) in [5.41, 5.74) is 0.793. The molecule has 1 amide bonds. The predicted molar refractivity (Wildman–Crippen MR) is 139 cm³/mol. The Morgan fingerprint density at radius 2 is 1.79 bits per heavy atom. The number of nitrogens with zero attached hydrogens (tertiary/aromatic N) is 7. The van der Waals surface area contributed by atoms with Gasteiger partial charge in [0.2, 0.25) is 0 Å². The average Bonchev–Trinajstić information content (AvgIpc) is 3.39. The van der Waals surface area contributed by atoms with E-state index in [1.54, 1.807) is 42.5 Å². The number of azo groups is 1. The Hall–Kier alpha value is -5.96. The zero-order valence-electron chi connectivity index (χ0n) is 20.3. The molecular weight excluding hydrogens is 500 g/mol. The van der Waals surface area contributed by atoms with Crippen LogP contribution in [-0.2, 0) is 4.74 Å². The van der Waals surface area contributed by atoms with Crippen molar-refractivity contribution in [3.8, 4) is 17.8 Å². The molecule has 0 aliphatic heterocycles. The van der Waals surface area contributed by atoms with E-state index >= 15 is 0 Å². The fourth-order valence-electron chi connectivity index (χ4n) is 3.76. The minimum absolute atomic E-state index is 0.0184. The molecule has 2 heterocycles. The number of nitrogens with one attached hydrogen (secondary N) is 1. The molecule has 3 aromatic carbocycles. The molecule has 0 atom stereocenters. The highest BCUT2D eigenvalue weighted by molar-refractivity contribution is 6.11. The number of phenols is 1. The molecule has 5 rings (SSSR count). The first kappa shape index (κ1) is 24.7. The van der Waals surface area contributed by atoms with Crippen molar-refractivity contribution < 1.29 is 19.4 Å². The molecular formula is C27H18N8O4. The van der Waals surface area contributed by atoms with Gasteiger partial charge in [-0.15, -0.1) is 10.2 Å². The molecule has 12 nitrogen and oxygen atoms in total. The number of ether oxygens (including phenoxy) is 1. The van der Waals surface area contributed by atoms with E-state index in [0.29, 0.717) is 22.0 Å². The summed E-state index contributed by atoms with van der Waals surface area (Å²) in [6, 6.07) is 18.3. The zero-order chi connectivity index (χ0) is 27.4. The zero-order valence-corrected chi connectivity index (χ0v) is 20.3. The lowest BCUT2D eigenvalue weighted by atomic mass is 10.0. The van der Waals surface area contributed by atoms with Gasteiger partial charge in [0.05, 0.1) is 24.4 Å². The van der Waals surface area contributed by atoms with Crippen LogP contribution in [-0.4, -0.2) is 43.8 Å². The van der Waals surface area contributed by atoms with Gasteiger partial charge in [0.1, 0.15) is 17.3 Å². The molecule has 0 unspecified atom stereocenters. The maximum Gasteiger partial charge on any atom is 0.337 e. The number of hydrogen-bond donors (Lipinski definition) is 2. The summed E-state index contributed by atoms with van der Waals surface area (Å²) < 4.78 is 5.93. The molecule has 0 aliphatic rings. The topological polar surface area (TPSA) is 168 Å². The predicted octanol–water partition coefficient (Wildman–Crippen LogP) is 4.85. The van der Waals surface area contributed by atoms with E-state index in [1.165, 1.54) is 48.6 Å². The third kappa shape index (κ3) is 4.87. The van der Waals surface area contributed by atoms with Crippen molar-refractivity contribution in [2.24, 2.45) is 10.2 Å². The minimum atomic E-state index is -0.610. The number of anilines is 1. The van der Waals surface area contributed by atoms with Crippen LogP contribution in [0.3, 0.4) is 0 Å². The molecule has 2 N–H and O–H groups in total. The van der Waals surface area contributed by atoms with Crippen molar-refractivity contribution >= 4 is 39.8 Å². The number of esters is 1. The number of carbonyl (C=O) groups is 2. The molecule has 0 bridgehead atoms. The molecule has 0 aliphatic carbocycles. The van der Waals surface area contributed by atoms with Crippen molar-refractivity contribution in [3.63, 3.8) is 0 Å². The van der Waals surface area contributed by atoms with Gasteiger partial charge in [-0.05, 0) is 41.8 Å². The van der Waals surface area contributed by atoms with Crippen molar-refractivity contribution in [3.05, 3.63) is 95.9 Å². The fraction of sp³-hybridized carbons (Fsp3) is 0.0370. The minimum Gasteiger partial charge on any atom is -0.505 e. The molecule has 0 saturated heterocycles. The number of fused-ring (bicyclic) bond motifs is 1.